The van der Waals surface area contributed by atoms with E-state index in [0.717, 1.165) is 7.11 Å². The van der Waals surface area contributed by atoms with Gasteiger partial charge in [-0.15, -0.1) is 0 Å². The second-order valence-electron chi connectivity index (χ2n) is 2.73. The Morgan fingerprint density at radius 2 is 1.40 bits per heavy atom. The van der Waals surface area contributed by atoms with Crippen LogP contribution in [-0.2, 0) is 14.3 Å². The number of aliphatic hydroxyl groups excluding tert-OH is 4. The molecule has 0 aromatic heterocycles. The second-order valence-corrected chi connectivity index (χ2v) is 2.73. The highest BCUT2D eigenvalue weighted by atomic mass is 16.5. The van der Waals surface area contributed by atoms with Crippen LogP contribution in [0.3, 0.4) is 0 Å². The molecule has 88 valence electrons. The highest BCUT2D eigenvalue weighted by molar-refractivity contribution is 5.76. The second kappa shape index (κ2) is 5.61. The lowest BCUT2D eigenvalue weighted by Crippen LogP contribution is -2.50. The van der Waals surface area contributed by atoms with Gasteiger partial charge in [-0.05, 0) is 0 Å². The van der Waals surface area contributed by atoms with Gasteiger partial charge < -0.3 is 30.3 Å². The molecule has 0 bridgehead atoms. The van der Waals surface area contributed by atoms with E-state index in [1.54, 1.807) is 0 Å². The molecule has 5 N–H and O–H groups in total. The van der Waals surface area contributed by atoms with E-state index in [1.165, 1.54) is 0 Å². The Kier molecular flexibility index (Phi) is 5.15. The number of rotatable bonds is 5. The van der Waals surface area contributed by atoms with Gasteiger partial charge in [0.15, 0.2) is 12.2 Å². The average Bonchev–Trinajstić information content (AvgIpc) is 2.23. The fourth-order valence-electron chi connectivity index (χ4n) is 0.780. The molecule has 8 heteroatoms. The van der Waals surface area contributed by atoms with Crippen molar-refractivity contribution in [3.8, 4) is 0 Å². The van der Waals surface area contributed by atoms with Crippen LogP contribution < -0.4 is 0 Å². The summed E-state index contributed by atoms with van der Waals surface area (Å²) in [6.45, 7) is 0. The molecule has 0 heterocycles. The number of carbonyl (C=O) groups is 2. The van der Waals surface area contributed by atoms with E-state index in [9.17, 15) is 9.59 Å². The van der Waals surface area contributed by atoms with E-state index in [2.05, 4.69) is 4.74 Å². The Labute approximate surface area is 84.3 Å². The van der Waals surface area contributed by atoms with Crippen molar-refractivity contribution in [2.75, 3.05) is 7.11 Å². The molecule has 0 rings (SSSR count). The van der Waals surface area contributed by atoms with E-state index in [1.807, 2.05) is 0 Å². The van der Waals surface area contributed by atoms with E-state index in [-0.39, 0.29) is 0 Å². The van der Waals surface area contributed by atoms with Crippen molar-refractivity contribution in [3.63, 3.8) is 0 Å². The molecule has 0 spiro atoms. The zero-order chi connectivity index (χ0) is 12.2. The van der Waals surface area contributed by atoms with Crippen molar-refractivity contribution < 1.29 is 39.9 Å². The first kappa shape index (κ1) is 13.8. The quantitative estimate of drug-likeness (QED) is 0.305. The van der Waals surface area contributed by atoms with Gasteiger partial charge in [0.25, 0.3) is 0 Å². The Morgan fingerprint density at radius 1 is 1.00 bits per heavy atom. The summed E-state index contributed by atoms with van der Waals surface area (Å²) in [6.07, 6.45) is -8.78. The van der Waals surface area contributed by atoms with Crippen molar-refractivity contribution in [1.82, 2.24) is 0 Å². The van der Waals surface area contributed by atoms with E-state index >= 15 is 0 Å². The summed E-state index contributed by atoms with van der Waals surface area (Å²) in [6, 6.07) is 0. The molecule has 0 aliphatic heterocycles. The minimum Gasteiger partial charge on any atom is -0.479 e. The maximum atomic E-state index is 10.7. The number of aliphatic carboxylic acids is 1. The summed E-state index contributed by atoms with van der Waals surface area (Å²) in [5.41, 5.74) is 0. The van der Waals surface area contributed by atoms with Gasteiger partial charge in [-0.1, -0.05) is 0 Å². The first-order valence-corrected chi connectivity index (χ1v) is 3.85. The molecule has 0 unspecified atom stereocenters. The topological polar surface area (TPSA) is 145 Å². The first-order chi connectivity index (χ1) is 6.82. The van der Waals surface area contributed by atoms with Crippen LogP contribution in [0.2, 0.25) is 0 Å². The number of ether oxygens (including phenoxy) is 1. The molecular formula is C7H12O8. The van der Waals surface area contributed by atoms with Crippen LogP contribution in [-0.4, -0.2) is 69.0 Å². The molecular weight excluding hydrogens is 212 g/mol. The largest absolute Gasteiger partial charge is 0.479 e. The molecule has 0 aromatic rings. The highest BCUT2D eigenvalue weighted by Crippen LogP contribution is 2.06. The fourth-order valence-corrected chi connectivity index (χ4v) is 0.780. The molecule has 0 saturated heterocycles. The van der Waals surface area contributed by atoms with Gasteiger partial charge in [-0.3, -0.25) is 0 Å². The van der Waals surface area contributed by atoms with E-state index in [4.69, 9.17) is 25.5 Å². The van der Waals surface area contributed by atoms with Crippen molar-refractivity contribution >= 4 is 11.9 Å². The van der Waals surface area contributed by atoms with E-state index < -0.39 is 36.4 Å². The summed E-state index contributed by atoms with van der Waals surface area (Å²) in [4.78, 5) is 20.9. The van der Waals surface area contributed by atoms with Gasteiger partial charge in [0.1, 0.15) is 12.2 Å². The average molecular weight is 224 g/mol. The smallest absolute Gasteiger partial charge is 0.337 e. The Bertz CT molecular complexity index is 239. The first-order valence-electron chi connectivity index (χ1n) is 3.85. The van der Waals surface area contributed by atoms with Gasteiger partial charge >= 0.3 is 11.9 Å². The Balaban J connectivity index is 4.49. The summed E-state index contributed by atoms with van der Waals surface area (Å²) in [5.74, 6) is -3.04. The number of methoxy groups -OCH3 is 1. The normalized spacial score (nSPS) is 18.7. The predicted octanol–water partition coefficient (Wildman–Crippen LogP) is -3.31. The standard InChI is InChI=1S/C7H12O8/c1-15-7(14)5(11)3(9)2(8)4(10)6(12)13/h2-5,8-11H,1H3,(H,12,13)/t2-,3-,4-,5+/m0/s1. The lowest BCUT2D eigenvalue weighted by Gasteiger charge is -2.22. The molecule has 15 heavy (non-hydrogen) atoms. The predicted molar refractivity (Wildman–Crippen MR) is 43.7 cm³/mol. The molecule has 0 aliphatic rings. The van der Waals surface area contributed by atoms with Gasteiger partial charge in [0.05, 0.1) is 7.11 Å². The van der Waals surface area contributed by atoms with Crippen LogP contribution >= 0.6 is 0 Å². The van der Waals surface area contributed by atoms with Gasteiger partial charge in [-0.2, -0.15) is 0 Å². The van der Waals surface area contributed by atoms with Crippen LogP contribution in [0.1, 0.15) is 0 Å². The molecule has 0 fully saturated rings. The maximum absolute atomic E-state index is 10.7. The summed E-state index contributed by atoms with van der Waals surface area (Å²) < 4.78 is 4.03. The number of hydrogen-bond acceptors (Lipinski definition) is 7. The Hall–Kier alpha value is -1.22. The summed E-state index contributed by atoms with van der Waals surface area (Å²) >= 11 is 0. The number of esters is 1. The number of hydrogen-bond donors (Lipinski definition) is 5. The van der Waals surface area contributed by atoms with Gasteiger partial charge in [0.2, 0.25) is 0 Å². The van der Waals surface area contributed by atoms with Crippen molar-refractivity contribution in [1.29, 1.82) is 0 Å². The van der Waals surface area contributed by atoms with Crippen LogP contribution in [0.25, 0.3) is 0 Å². The third-order valence-electron chi connectivity index (χ3n) is 1.69. The molecule has 0 saturated carbocycles. The Morgan fingerprint density at radius 3 is 1.73 bits per heavy atom. The lowest BCUT2D eigenvalue weighted by molar-refractivity contribution is -0.174. The van der Waals surface area contributed by atoms with Crippen LogP contribution in [0, 0.1) is 0 Å². The van der Waals surface area contributed by atoms with Crippen molar-refractivity contribution in [2.45, 2.75) is 24.4 Å². The van der Waals surface area contributed by atoms with Crippen LogP contribution in [0.5, 0.6) is 0 Å². The molecule has 0 aromatic carbocycles. The monoisotopic (exact) mass is 224 g/mol. The molecule has 4 atom stereocenters. The van der Waals surface area contributed by atoms with Crippen LogP contribution in [0.15, 0.2) is 0 Å². The third kappa shape index (κ3) is 3.44. The zero-order valence-electron chi connectivity index (χ0n) is 7.77. The number of carboxylic acids is 1. The lowest BCUT2D eigenvalue weighted by atomic mass is 10.0. The maximum Gasteiger partial charge on any atom is 0.337 e. The number of carbonyl (C=O) groups excluding carboxylic acids is 1. The third-order valence-corrected chi connectivity index (χ3v) is 1.69. The van der Waals surface area contributed by atoms with Crippen LogP contribution in [0.4, 0.5) is 0 Å². The van der Waals surface area contributed by atoms with E-state index in [0.29, 0.717) is 0 Å². The molecule has 0 radical (unpaired) electrons. The van der Waals surface area contributed by atoms with Crippen molar-refractivity contribution in [3.05, 3.63) is 0 Å². The fraction of sp³-hybridized carbons (Fsp3) is 0.714. The molecule has 0 amide bonds. The highest BCUT2D eigenvalue weighted by Gasteiger charge is 2.37. The SMILES string of the molecule is COC(=O)[C@H](O)[C@@H](O)[C@H](O)[C@H](O)C(=O)O. The summed E-state index contributed by atoms with van der Waals surface area (Å²) in [7, 11) is 0.929. The number of aliphatic hydroxyl groups is 4. The minimum atomic E-state index is -2.31. The zero-order valence-corrected chi connectivity index (χ0v) is 7.77. The minimum absolute atomic E-state index is 0.929. The molecule has 8 nitrogen and oxygen atoms in total. The summed E-state index contributed by atoms with van der Waals surface area (Å²) in [5, 5.41) is 44.2. The molecule has 0 aliphatic carbocycles. The van der Waals surface area contributed by atoms with Gasteiger partial charge in [0, 0.05) is 0 Å². The van der Waals surface area contributed by atoms with Crippen molar-refractivity contribution in [2.24, 2.45) is 0 Å². The van der Waals surface area contributed by atoms with Gasteiger partial charge in [-0.25, -0.2) is 9.59 Å². The number of carboxylic acid groups (broad SMARTS) is 1.